The van der Waals surface area contributed by atoms with Crippen molar-refractivity contribution >= 4 is 26.6 Å². The summed E-state index contributed by atoms with van der Waals surface area (Å²) in [5, 5.41) is 11.0. The lowest BCUT2D eigenvalue weighted by molar-refractivity contribution is -0.129. The Labute approximate surface area is 220 Å². The van der Waals surface area contributed by atoms with E-state index < -0.39 is 15.4 Å². The van der Waals surface area contributed by atoms with Gasteiger partial charge in [-0.2, -0.15) is 0 Å². The van der Waals surface area contributed by atoms with Crippen molar-refractivity contribution in [1.82, 2.24) is 24.8 Å². The molecule has 1 atom stereocenters. The SMILES string of the molecule is CC(=O)N1CCC[C@@H]1c1cc2[nH]c(-c3cnc(C(C)(C)O)cn3)cc2cc1Oc1ccc(S(C)(=O)=O)nc1. The number of aromatic nitrogens is 4. The van der Waals surface area contributed by atoms with Gasteiger partial charge in [0.05, 0.1) is 36.0 Å². The van der Waals surface area contributed by atoms with Crippen LogP contribution in [0, 0.1) is 0 Å². The van der Waals surface area contributed by atoms with E-state index in [1.807, 2.05) is 23.1 Å². The summed E-state index contributed by atoms with van der Waals surface area (Å²) in [5.41, 5.74) is 2.42. The number of likely N-dealkylation sites (tertiary alicyclic amines) is 1. The van der Waals surface area contributed by atoms with E-state index in [2.05, 4.69) is 19.9 Å². The highest BCUT2D eigenvalue weighted by molar-refractivity contribution is 7.90. The number of hydrogen-bond donors (Lipinski definition) is 2. The van der Waals surface area contributed by atoms with Gasteiger partial charge in [0.25, 0.3) is 0 Å². The van der Waals surface area contributed by atoms with Crippen LogP contribution in [0.3, 0.4) is 0 Å². The maximum absolute atomic E-state index is 12.4. The van der Waals surface area contributed by atoms with Gasteiger partial charge in [-0.05, 0) is 57.0 Å². The predicted octanol–water partition coefficient (Wildman–Crippen LogP) is 4.13. The number of ether oxygens (including phenoxy) is 1. The van der Waals surface area contributed by atoms with Crippen molar-refractivity contribution in [3.05, 3.63) is 60.2 Å². The third-order valence-corrected chi connectivity index (χ3v) is 7.64. The zero-order valence-corrected chi connectivity index (χ0v) is 22.4. The van der Waals surface area contributed by atoms with Crippen LogP contribution in [-0.2, 0) is 20.2 Å². The lowest BCUT2D eigenvalue weighted by Gasteiger charge is -2.25. The van der Waals surface area contributed by atoms with E-state index in [0.29, 0.717) is 29.4 Å². The fourth-order valence-electron chi connectivity index (χ4n) is 4.69. The van der Waals surface area contributed by atoms with E-state index >= 15 is 0 Å². The first-order valence-corrected chi connectivity index (χ1v) is 14.1. The van der Waals surface area contributed by atoms with E-state index in [4.69, 9.17) is 4.74 Å². The molecular formula is C27H29N5O5S. The predicted molar refractivity (Wildman–Crippen MR) is 141 cm³/mol. The van der Waals surface area contributed by atoms with Gasteiger partial charge in [0.2, 0.25) is 5.91 Å². The second-order valence-electron chi connectivity index (χ2n) is 10.1. The molecule has 1 aromatic carbocycles. The molecule has 3 aromatic heterocycles. The molecule has 1 fully saturated rings. The number of H-pyrrole nitrogens is 1. The number of nitrogens with one attached hydrogen (secondary N) is 1. The fourth-order valence-corrected chi connectivity index (χ4v) is 5.25. The summed E-state index contributed by atoms with van der Waals surface area (Å²) in [4.78, 5) is 30.4. The summed E-state index contributed by atoms with van der Waals surface area (Å²) < 4.78 is 29.8. The molecule has 1 aliphatic rings. The number of hydrogen-bond acceptors (Lipinski definition) is 8. The van der Waals surface area contributed by atoms with Crippen LogP contribution < -0.4 is 4.74 Å². The van der Waals surface area contributed by atoms with Gasteiger partial charge in [0, 0.05) is 36.2 Å². The molecule has 0 bridgehead atoms. The number of pyridine rings is 1. The summed E-state index contributed by atoms with van der Waals surface area (Å²) in [6.07, 6.45) is 7.32. The first-order chi connectivity index (χ1) is 17.9. The Morgan fingerprint density at radius 1 is 1.13 bits per heavy atom. The first kappa shape index (κ1) is 25.8. The minimum atomic E-state index is -3.43. The number of nitrogens with zero attached hydrogens (tertiary/aromatic N) is 4. The van der Waals surface area contributed by atoms with Crippen LogP contribution in [0.15, 0.2) is 53.9 Å². The average molecular weight is 536 g/mol. The Bertz CT molecular complexity index is 1610. The van der Waals surface area contributed by atoms with Crippen LogP contribution >= 0.6 is 0 Å². The molecule has 1 aliphatic heterocycles. The maximum Gasteiger partial charge on any atom is 0.219 e. The molecule has 0 unspecified atom stereocenters. The van der Waals surface area contributed by atoms with Crippen molar-refractivity contribution < 1.29 is 23.1 Å². The van der Waals surface area contributed by atoms with Crippen molar-refractivity contribution in [3.63, 3.8) is 0 Å². The van der Waals surface area contributed by atoms with Gasteiger partial charge in [-0.3, -0.25) is 14.8 Å². The van der Waals surface area contributed by atoms with E-state index in [1.54, 1.807) is 39.2 Å². The molecule has 0 spiro atoms. The lowest BCUT2D eigenvalue weighted by atomic mass is 10.0. The standard InChI is InChI=1S/C27H29N5O5S/c1-16(33)32-9-5-6-23(32)19-12-20-17(10-21(31-20)22-14-29-25(15-28-22)27(2,3)34)11-24(19)37-18-7-8-26(30-13-18)38(4,35)36/h7-8,10-15,23,31,34H,5-6,9H2,1-4H3/t23-/m1/s1. The molecule has 5 rings (SSSR count). The van der Waals surface area contributed by atoms with E-state index in [0.717, 1.165) is 41.3 Å². The van der Waals surface area contributed by atoms with Crippen molar-refractivity contribution in [2.75, 3.05) is 12.8 Å². The second kappa shape index (κ2) is 9.48. The topological polar surface area (TPSA) is 138 Å². The van der Waals surface area contributed by atoms with Gasteiger partial charge < -0.3 is 19.7 Å². The third kappa shape index (κ3) is 5.11. The quantitative estimate of drug-likeness (QED) is 0.376. The van der Waals surface area contributed by atoms with Gasteiger partial charge >= 0.3 is 0 Å². The Morgan fingerprint density at radius 2 is 1.92 bits per heavy atom. The molecule has 198 valence electrons. The number of fused-ring (bicyclic) bond motifs is 1. The molecule has 10 nitrogen and oxygen atoms in total. The summed E-state index contributed by atoms with van der Waals surface area (Å²) in [6.45, 7) is 5.54. The third-order valence-electron chi connectivity index (χ3n) is 6.64. The number of rotatable bonds is 6. The Balaban J connectivity index is 1.57. The molecule has 0 saturated carbocycles. The largest absolute Gasteiger partial charge is 0.455 e. The second-order valence-corrected chi connectivity index (χ2v) is 12.0. The van der Waals surface area contributed by atoms with Gasteiger partial charge in [-0.15, -0.1) is 0 Å². The summed E-state index contributed by atoms with van der Waals surface area (Å²) in [7, 11) is -3.43. The number of aromatic amines is 1. The van der Waals surface area contributed by atoms with Gasteiger partial charge in [0.15, 0.2) is 14.9 Å². The molecule has 2 N–H and O–H groups in total. The van der Waals surface area contributed by atoms with E-state index in [9.17, 15) is 18.3 Å². The van der Waals surface area contributed by atoms with Gasteiger partial charge in [0.1, 0.15) is 22.8 Å². The minimum absolute atomic E-state index is 0.00735. The zero-order chi connectivity index (χ0) is 27.2. The average Bonchev–Trinajstić information content (AvgIpc) is 3.50. The maximum atomic E-state index is 12.4. The highest BCUT2D eigenvalue weighted by Crippen LogP contribution is 2.41. The van der Waals surface area contributed by atoms with Crippen LogP contribution in [0.4, 0.5) is 0 Å². The molecule has 11 heteroatoms. The molecule has 0 aliphatic carbocycles. The van der Waals surface area contributed by atoms with Crippen molar-refractivity contribution in [2.45, 2.75) is 50.3 Å². The summed E-state index contributed by atoms with van der Waals surface area (Å²) >= 11 is 0. The van der Waals surface area contributed by atoms with Crippen LogP contribution in [0.2, 0.25) is 0 Å². The van der Waals surface area contributed by atoms with Crippen LogP contribution in [-0.4, -0.2) is 57.1 Å². The van der Waals surface area contributed by atoms with E-state index in [-0.39, 0.29) is 17.0 Å². The smallest absolute Gasteiger partial charge is 0.219 e. The Morgan fingerprint density at radius 3 is 2.53 bits per heavy atom. The van der Waals surface area contributed by atoms with Gasteiger partial charge in [-0.1, -0.05) is 0 Å². The number of sulfone groups is 1. The zero-order valence-electron chi connectivity index (χ0n) is 21.6. The first-order valence-electron chi connectivity index (χ1n) is 12.2. The minimum Gasteiger partial charge on any atom is -0.455 e. The van der Waals surface area contributed by atoms with Crippen LogP contribution in [0.25, 0.3) is 22.3 Å². The van der Waals surface area contributed by atoms with E-state index in [1.165, 1.54) is 12.3 Å². The van der Waals surface area contributed by atoms with Crippen molar-refractivity contribution in [3.8, 4) is 22.9 Å². The molecule has 4 aromatic rings. The van der Waals surface area contributed by atoms with Crippen molar-refractivity contribution in [2.24, 2.45) is 0 Å². The summed E-state index contributed by atoms with van der Waals surface area (Å²) in [5.74, 6) is 0.930. The number of carbonyl (C=O) groups is 1. The molecule has 1 amide bonds. The molecule has 38 heavy (non-hydrogen) atoms. The number of aliphatic hydroxyl groups is 1. The Hall–Kier alpha value is -3.83. The molecule has 4 heterocycles. The fraction of sp³-hybridized carbons (Fsp3) is 0.333. The molecule has 0 radical (unpaired) electrons. The highest BCUT2D eigenvalue weighted by Gasteiger charge is 2.31. The molecular weight excluding hydrogens is 506 g/mol. The Kier molecular flexibility index (Phi) is 6.44. The molecule has 1 saturated heterocycles. The number of amides is 1. The monoisotopic (exact) mass is 535 g/mol. The van der Waals surface area contributed by atoms with Crippen LogP contribution in [0.1, 0.15) is 50.9 Å². The number of carbonyl (C=O) groups excluding carboxylic acids is 1. The van der Waals surface area contributed by atoms with Crippen LogP contribution in [0.5, 0.6) is 11.5 Å². The normalized spacial score (nSPS) is 16.2. The van der Waals surface area contributed by atoms with Gasteiger partial charge in [-0.25, -0.2) is 13.4 Å². The highest BCUT2D eigenvalue weighted by atomic mass is 32.2. The number of benzene rings is 1. The lowest BCUT2D eigenvalue weighted by Crippen LogP contribution is -2.28. The summed E-state index contributed by atoms with van der Waals surface area (Å²) in [6, 6.07) is 8.62. The van der Waals surface area contributed by atoms with Crippen molar-refractivity contribution in [1.29, 1.82) is 0 Å².